The zero-order valence-electron chi connectivity index (χ0n) is 24.6. The summed E-state index contributed by atoms with van der Waals surface area (Å²) in [5.41, 5.74) is 2.56. The number of nitrogens with zero attached hydrogens (tertiary/aromatic N) is 5. The number of aromatic nitrogens is 2. The fourth-order valence-electron chi connectivity index (χ4n) is 5.31. The maximum Gasteiger partial charge on any atom is 0.267 e. The number of nitrogens with one attached hydrogen (secondary N) is 1. The molecule has 2 saturated heterocycles. The average molecular weight is 599 g/mol. The molecule has 0 amide bonds. The third-order valence-corrected chi connectivity index (χ3v) is 9.09. The molecule has 0 bridgehead atoms. The molecule has 0 atom stereocenters. The molecule has 2 aromatic heterocycles. The highest BCUT2D eigenvalue weighted by atomic mass is 32.2. The molecule has 4 heterocycles. The van der Waals surface area contributed by atoms with Crippen LogP contribution in [-0.2, 0) is 21.3 Å². The van der Waals surface area contributed by atoms with Gasteiger partial charge in [-0.15, -0.1) is 0 Å². The first-order chi connectivity index (χ1) is 20.0. The summed E-state index contributed by atoms with van der Waals surface area (Å²) in [6.07, 6.45) is 3.04. The van der Waals surface area contributed by atoms with Crippen LogP contribution >= 0.6 is 0 Å². The average Bonchev–Trinajstić information content (AvgIpc) is 2.97. The molecule has 3 aromatic rings. The topological polar surface area (TPSA) is 100 Å². The van der Waals surface area contributed by atoms with E-state index >= 15 is 4.39 Å². The van der Waals surface area contributed by atoms with Crippen molar-refractivity contribution in [2.45, 2.75) is 37.8 Å². The monoisotopic (exact) mass is 598 g/mol. The fourth-order valence-corrected chi connectivity index (χ4v) is 6.50. The molecule has 5 rings (SSSR count). The number of sulfonamides is 1. The number of anilines is 2. The van der Waals surface area contributed by atoms with Crippen molar-refractivity contribution in [2.24, 2.45) is 0 Å². The summed E-state index contributed by atoms with van der Waals surface area (Å²) in [4.78, 5) is 15.3. The van der Waals surface area contributed by atoms with Crippen LogP contribution in [0.15, 0.2) is 53.7 Å². The SMILES string of the molecule is COc1ncc(N2CCOCC2)cc1S(=O)(=O)Nc1ccnc(-c2ccc(CN3CCN(C(C)(C)C)CC3)cc2F)c1. The Hall–Kier alpha value is -3.32. The number of piperazine rings is 1. The Morgan fingerprint density at radius 1 is 1.00 bits per heavy atom. The lowest BCUT2D eigenvalue weighted by atomic mass is 10.0. The predicted molar refractivity (Wildman–Crippen MR) is 161 cm³/mol. The van der Waals surface area contributed by atoms with Crippen molar-refractivity contribution in [3.8, 4) is 17.1 Å². The summed E-state index contributed by atoms with van der Waals surface area (Å²) in [7, 11) is -2.72. The quantitative estimate of drug-likeness (QED) is 0.415. The van der Waals surface area contributed by atoms with E-state index in [1.54, 1.807) is 18.3 Å². The van der Waals surface area contributed by atoms with Crippen LogP contribution in [0.2, 0.25) is 0 Å². The van der Waals surface area contributed by atoms with Gasteiger partial charge in [0.15, 0.2) is 4.90 Å². The lowest BCUT2D eigenvalue weighted by Gasteiger charge is -2.42. The molecular weight excluding hydrogens is 559 g/mol. The summed E-state index contributed by atoms with van der Waals surface area (Å²) in [5.74, 6) is -0.423. The second-order valence-electron chi connectivity index (χ2n) is 11.6. The van der Waals surface area contributed by atoms with E-state index in [1.807, 2.05) is 11.0 Å². The van der Waals surface area contributed by atoms with Crippen LogP contribution in [0.4, 0.5) is 15.8 Å². The number of hydrogen-bond donors (Lipinski definition) is 1. The molecule has 226 valence electrons. The lowest BCUT2D eigenvalue weighted by molar-refractivity contribution is 0.0591. The van der Waals surface area contributed by atoms with Crippen LogP contribution in [0.5, 0.6) is 5.88 Å². The van der Waals surface area contributed by atoms with E-state index in [2.05, 4.69) is 45.3 Å². The van der Waals surface area contributed by atoms with Crippen LogP contribution in [0.25, 0.3) is 11.3 Å². The molecular formula is C30H39FN6O4S. The van der Waals surface area contributed by atoms with Gasteiger partial charge in [-0.25, -0.2) is 17.8 Å². The minimum absolute atomic E-state index is 0.0183. The van der Waals surface area contributed by atoms with E-state index < -0.39 is 15.8 Å². The maximum atomic E-state index is 15.3. The van der Waals surface area contributed by atoms with Gasteiger partial charge in [0.1, 0.15) is 5.82 Å². The summed E-state index contributed by atoms with van der Waals surface area (Å²) >= 11 is 0. The Morgan fingerprint density at radius 3 is 2.40 bits per heavy atom. The largest absolute Gasteiger partial charge is 0.480 e. The van der Waals surface area contributed by atoms with Crippen LogP contribution in [-0.4, -0.2) is 93.3 Å². The number of benzene rings is 1. The number of rotatable bonds is 8. The Bertz CT molecular complexity index is 1500. The van der Waals surface area contributed by atoms with Crippen molar-refractivity contribution in [2.75, 3.05) is 69.2 Å². The van der Waals surface area contributed by atoms with E-state index in [9.17, 15) is 8.42 Å². The van der Waals surface area contributed by atoms with Gasteiger partial charge < -0.3 is 14.4 Å². The van der Waals surface area contributed by atoms with Gasteiger partial charge >= 0.3 is 0 Å². The maximum absolute atomic E-state index is 15.3. The fraction of sp³-hybridized carbons (Fsp3) is 0.467. The van der Waals surface area contributed by atoms with Crippen LogP contribution in [0.1, 0.15) is 26.3 Å². The van der Waals surface area contributed by atoms with Gasteiger partial charge in [0.25, 0.3) is 10.0 Å². The summed E-state index contributed by atoms with van der Waals surface area (Å²) in [6, 6.07) is 9.74. The van der Waals surface area contributed by atoms with E-state index in [1.165, 1.54) is 31.5 Å². The molecule has 1 aromatic carbocycles. The molecule has 2 aliphatic rings. The number of ether oxygens (including phenoxy) is 2. The molecule has 42 heavy (non-hydrogen) atoms. The van der Waals surface area contributed by atoms with Crippen LogP contribution < -0.4 is 14.4 Å². The molecule has 1 N–H and O–H groups in total. The molecule has 2 aliphatic heterocycles. The minimum Gasteiger partial charge on any atom is -0.480 e. The molecule has 0 spiro atoms. The van der Waals surface area contributed by atoms with Crippen molar-refractivity contribution in [3.05, 3.63) is 60.2 Å². The molecule has 0 radical (unpaired) electrons. The predicted octanol–water partition coefficient (Wildman–Crippen LogP) is 3.84. The van der Waals surface area contributed by atoms with Crippen LogP contribution in [0, 0.1) is 5.82 Å². The highest BCUT2D eigenvalue weighted by Crippen LogP contribution is 2.30. The van der Waals surface area contributed by atoms with E-state index in [0.717, 1.165) is 31.7 Å². The van der Waals surface area contributed by atoms with Gasteiger partial charge in [-0.1, -0.05) is 6.07 Å². The Kier molecular flexibility index (Phi) is 8.97. The first-order valence-electron chi connectivity index (χ1n) is 14.2. The Morgan fingerprint density at radius 2 is 1.74 bits per heavy atom. The molecule has 10 nitrogen and oxygen atoms in total. The second kappa shape index (κ2) is 12.5. The normalized spacial score (nSPS) is 17.3. The minimum atomic E-state index is -4.09. The van der Waals surface area contributed by atoms with Crippen molar-refractivity contribution in [3.63, 3.8) is 0 Å². The second-order valence-corrected chi connectivity index (χ2v) is 13.2. The number of halogens is 1. The van der Waals surface area contributed by atoms with Gasteiger partial charge in [0, 0.05) is 63.1 Å². The standard InChI is InChI=1S/C30H39FN6O4S/c1-30(2,3)37-11-9-35(10-12-37)21-22-5-6-25(26(31)17-22)27-18-23(7-8-32-27)34-42(38,39)28-19-24(20-33-29(28)40-4)36-13-15-41-16-14-36/h5-8,17-20H,9-16,21H2,1-4H3,(H,32,34). The Labute approximate surface area is 247 Å². The molecule has 12 heteroatoms. The third kappa shape index (κ3) is 7.00. The summed E-state index contributed by atoms with van der Waals surface area (Å²) < 4.78 is 55.5. The molecule has 0 saturated carbocycles. The number of pyridine rings is 2. The molecule has 2 fully saturated rings. The van der Waals surface area contributed by atoms with Crippen molar-refractivity contribution < 1.29 is 22.3 Å². The van der Waals surface area contributed by atoms with E-state index in [0.29, 0.717) is 49.8 Å². The first-order valence-corrected chi connectivity index (χ1v) is 15.6. The molecule has 0 unspecified atom stereocenters. The zero-order chi connectivity index (χ0) is 29.9. The van der Waals surface area contributed by atoms with Gasteiger partial charge in [-0.3, -0.25) is 19.5 Å². The smallest absolute Gasteiger partial charge is 0.267 e. The summed E-state index contributed by atoms with van der Waals surface area (Å²) in [5, 5.41) is 0. The van der Waals surface area contributed by atoms with E-state index in [-0.39, 0.29) is 22.0 Å². The van der Waals surface area contributed by atoms with Gasteiger partial charge in [-0.05, 0) is 56.7 Å². The van der Waals surface area contributed by atoms with Gasteiger partial charge in [-0.2, -0.15) is 0 Å². The van der Waals surface area contributed by atoms with Crippen molar-refractivity contribution in [1.82, 2.24) is 19.8 Å². The first kappa shape index (κ1) is 30.1. The van der Waals surface area contributed by atoms with Crippen molar-refractivity contribution in [1.29, 1.82) is 0 Å². The van der Waals surface area contributed by atoms with Crippen molar-refractivity contribution >= 4 is 21.4 Å². The zero-order valence-corrected chi connectivity index (χ0v) is 25.5. The van der Waals surface area contributed by atoms with Gasteiger partial charge in [0.2, 0.25) is 5.88 Å². The van der Waals surface area contributed by atoms with E-state index in [4.69, 9.17) is 9.47 Å². The van der Waals surface area contributed by atoms with Crippen LogP contribution in [0.3, 0.4) is 0 Å². The van der Waals surface area contributed by atoms with Gasteiger partial charge in [0.05, 0.1) is 43.6 Å². The number of hydrogen-bond acceptors (Lipinski definition) is 9. The highest BCUT2D eigenvalue weighted by molar-refractivity contribution is 7.92. The summed E-state index contributed by atoms with van der Waals surface area (Å²) in [6.45, 7) is 13.5. The number of morpholine rings is 1. The highest BCUT2D eigenvalue weighted by Gasteiger charge is 2.26. The lowest BCUT2D eigenvalue weighted by Crippen LogP contribution is -2.53. The number of methoxy groups -OCH3 is 1. The Balaban J connectivity index is 1.30. The third-order valence-electron chi connectivity index (χ3n) is 7.71. The molecule has 0 aliphatic carbocycles.